The number of azide groups is 1. The lowest BCUT2D eigenvalue weighted by Gasteiger charge is -2.29. The third-order valence-electron chi connectivity index (χ3n) is 2.81. The molecular formula is C13H13N3O3. The largest absolute Gasteiger partial charge is 0.495 e. The number of ether oxygens (including phenoxy) is 2. The van der Waals surface area contributed by atoms with Crippen LogP contribution in [0.25, 0.3) is 10.4 Å². The smallest absolute Gasteiger partial charge is 0.338 e. The second-order valence-corrected chi connectivity index (χ2v) is 4.10. The van der Waals surface area contributed by atoms with Crippen LogP contribution in [0.1, 0.15) is 17.3 Å². The second kappa shape index (κ2) is 5.93. The number of nitrogens with zero attached hydrogens (tertiary/aromatic N) is 3. The maximum absolute atomic E-state index is 12.0. The maximum Gasteiger partial charge on any atom is 0.338 e. The molecule has 0 aromatic heterocycles. The summed E-state index contributed by atoms with van der Waals surface area (Å²) < 4.78 is 10.6. The molecule has 2 rings (SSSR count). The van der Waals surface area contributed by atoms with Crippen molar-refractivity contribution in [3.63, 3.8) is 0 Å². The number of carbonyl (C=O) groups is 1. The quantitative estimate of drug-likeness (QED) is 0.362. The van der Waals surface area contributed by atoms with E-state index in [0.29, 0.717) is 5.56 Å². The Morgan fingerprint density at radius 2 is 2.16 bits per heavy atom. The topological polar surface area (TPSA) is 84.3 Å². The Labute approximate surface area is 110 Å². The van der Waals surface area contributed by atoms with Crippen molar-refractivity contribution in [2.75, 3.05) is 0 Å². The molecule has 1 aromatic carbocycles. The lowest BCUT2D eigenvalue weighted by molar-refractivity contribution is -0.0296. The summed E-state index contributed by atoms with van der Waals surface area (Å²) in [6.45, 7) is 1.76. The first kappa shape index (κ1) is 13.0. The molecule has 0 N–H and O–H groups in total. The standard InChI is InChI=1S/C13H13N3O3/c1-9-12(11(15-16-14)7-8-18-9)19-13(17)10-5-3-2-4-6-10/h2-9,11-12H,1H3/t9-,11+,12+/m0/s1. The van der Waals surface area contributed by atoms with Crippen molar-refractivity contribution < 1.29 is 14.3 Å². The van der Waals surface area contributed by atoms with Crippen molar-refractivity contribution in [1.82, 2.24) is 0 Å². The Balaban J connectivity index is 2.14. The molecule has 0 amide bonds. The van der Waals surface area contributed by atoms with Gasteiger partial charge in [-0.25, -0.2) is 4.79 Å². The number of esters is 1. The molecule has 0 aliphatic carbocycles. The van der Waals surface area contributed by atoms with E-state index in [1.807, 2.05) is 6.07 Å². The average molecular weight is 259 g/mol. The van der Waals surface area contributed by atoms with E-state index < -0.39 is 18.1 Å². The monoisotopic (exact) mass is 259 g/mol. The number of rotatable bonds is 3. The van der Waals surface area contributed by atoms with Crippen molar-refractivity contribution in [2.24, 2.45) is 5.11 Å². The maximum atomic E-state index is 12.0. The van der Waals surface area contributed by atoms with E-state index in [1.165, 1.54) is 6.26 Å². The van der Waals surface area contributed by atoms with E-state index in [0.717, 1.165) is 0 Å². The first-order chi connectivity index (χ1) is 9.22. The Hall–Kier alpha value is -2.46. The normalized spacial score (nSPS) is 25.0. The van der Waals surface area contributed by atoms with Crippen LogP contribution in [-0.2, 0) is 9.47 Å². The second-order valence-electron chi connectivity index (χ2n) is 4.10. The van der Waals surface area contributed by atoms with Crippen LogP contribution in [0.4, 0.5) is 0 Å². The molecule has 0 unspecified atom stereocenters. The fourth-order valence-electron chi connectivity index (χ4n) is 1.81. The van der Waals surface area contributed by atoms with Gasteiger partial charge >= 0.3 is 5.97 Å². The number of hydrogen-bond acceptors (Lipinski definition) is 4. The van der Waals surface area contributed by atoms with Gasteiger partial charge in [0.25, 0.3) is 0 Å². The molecule has 19 heavy (non-hydrogen) atoms. The van der Waals surface area contributed by atoms with Crippen LogP contribution in [0.2, 0.25) is 0 Å². The van der Waals surface area contributed by atoms with E-state index in [9.17, 15) is 4.79 Å². The van der Waals surface area contributed by atoms with Gasteiger partial charge in [0.15, 0.2) is 6.10 Å². The van der Waals surface area contributed by atoms with Crippen molar-refractivity contribution in [3.05, 3.63) is 58.7 Å². The Kier molecular flexibility index (Phi) is 4.05. The van der Waals surface area contributed by atoms with E-state index in [4.69, 9.17) is 15.0 Å². The fourth-order valence-corrected chi connectivity index (χ4v) is 1.81. The highest BCUT2D eigenvalue weighted by molar-refractivity contribution is 5.89. The molecule has 1 aliphatic heterocycles. The predicted molar refractivity (Wildman–Crippen MR) is 68.3 cm³/mol. The molecule has 0 spiro atoms. The van der Waals surface area contributed by atoms with Crippen molar-refractivity contribution in [1.29, 1.82) is 0 Å². The summed E-state index contributed by atoms with van der Waals surface area (Å²) >= 11 is 0. The highest BCUT2D eigenvalue weighted by atomic mass is 16.6. The minimum absolute atomic E-state index is 0.367. The Morgan fingerprint density at radius 1 is 1.42 bits per heavy atom. The number of carbonyl (C=O) groups excluding carboxylic acids is 1. The zero-order valence-corrected chi connectivity index (χ0v) is 10.3. The molecule has 1 aliphatic rings. The molecule has 3 atom stereocenters. The highest BCUT2D eigenvalue weighted by Crippen LogP contribution is 2.20. The molecule has 1 aromatic rings. The summed E-state index contributed by atoms with van der Waals surface area (Å²) in [7, 11) is 0. The molecule has 0 radical (unpaired) electrons. The minimum Gasteiger partial charge on any atom is -0.495 e. The van der Waals surface area contributed by atoms with Gasteiger partial charge in [-0.1, -0.05) is 23.3 Å². The van der Waals surface area contributed by atoms with Gasteiger partial charge in [0, 0.05) is 4.91 Å². The molecule has 6 heteroatoms. The molecule has 0 fully saturated rings. The van der Waals surface area contributed by atoms with Crippen molar-refractivity contribution in [3.8, 4) is 0 Å². The zero-order valence-electron chi connectivity index (χ0n) is 10.3. The zero-order chi connectivity index (χ0) is 13.7. The molecule has 98 valence electrons. The summed E-state index contributed by atoms with van der Waals surface area (Å²) in [5.41, 5.74) is 8.96. The van der Waals surface area contributed by atoms with Gasteiger partial charge in [-0.05, 0) is 30.7 Å². The lowest BCUT2D eigenvalue weighted by atomic mass is 10.1. The van der Waals surface area contributed by atoms with Gasteiger partial charge in [0.2, 0.25) is 0 Å². The Morgan fingerprint density at radius 3 is 2.84 bits per heavy atom. The molecular weight excluding hydrogens is 246 g/mol. The van der Waals surface area contributed by atoms with E-state index >= 15 is 0 Å². The van der Waals surface area contributed by atoms with Crippen LogP contribution in [-0.4, -0.2) is 24.2 Å². The van der Waals surface area contributed by atoms with E-state index in [-0.39, 0.29) is 6.10 Å². The lowest BCUT2D eigenvalue weighted by Crippen LogP contribution is -2.41. The molecule has 1 heterocycles. The third-order valence-corrected chi connectivity index (χ3v) is 2.81. The summed E-state index contributed by atoms with van der Waals surface area (Å²) in [5, 5.41) is 3.60. The van der Waals surface area contributed by atoms with Gasteiger partial charge in [0.05, 0.1) is 17.9 Å². The van der Waals surface area contributed by atoms with Crippen LogP contribution in [0, 0.1) is 0 Å². The van der Waals surface area contributed by atoms with Crippen molar-refractivity contribution in [2.45, 2.75) is 25.2 Å². The summed E-state index contributed by atoms with van der Waals surface area (Å²) in [4.78, 5) is 14.7. The van der Waals surface area contributed by atoms with Gasteiger partial charge < -0.3 is 9.47 Å². The molecule has 0 saturated heterocycles. The number of benzene rings is 1. The SMILES string of the molecule is C[C@@H]1OC=C[C@@H](N=[N+]=[N-])[C@@H]1OC(=O)c1ccccc1. The van der Waals surface area contributed by atoms with Gasteiger partial charge in [-0.2, -0.15) is 0 Å². The fraction of sp³-hybridized carbons (Fsp3) is 0.308. The molecule has 6 nitrogen and oxygen atoms in total. The number of hydrogen-bond donors (Lipinski definition) is 0. The molecule has 0 bridgehead atoms. The first-order valence-corrected chi connectivity index (χ1v) is 5.84. The summed E-state index contributed by atoms with van der Waals surface area (Å²) in [6.07, 6.45) is 2.03. The van der Waals surface area contributed by atoms with Crippen LogP contribution in [0.3, 0.4) is 0 Å². The summed E-state index contributed by atoms with van der Waals surface area (Å²) in [5.74, 6) is -0.463. The average Bonchev–Trinajstić information content (AvgIpc) is 2.44. The third kappa shape index (κ3) is 3.05. The van der Waals surface area contributed by atoms with Crippen molar-refractivity contribution >= 4 is 5.97 Å². The van der Waals surface area contributed by atoms with Gasteiger partial charge in [0.1, 0.15) is 6.10 Å². The van der Waals surface area contributed by atoms with Crippen LogP contribution >= 0.6 is 0 Å². The summed E-state index contributed by atoms with van der Waals surface area (Å²) in [6, 6.07) is 8.09. The Bertz CT molecular complexity index is 523. The van der Waals surface area contributed by atoms with Gasteiger partial charge in [-0.3, -0.25) is 0 Å². The minimum atomic E-state index is -0.631. The highest BCUT2D eigenvalue weighted by Gasteiger charge is 2.32. The first-order valence-electron chi connectivity index (χ1n) is 5.84. The van der Waals surface area contributed by atoms with E-state index in [2.05, 4.69) is 10.0 Å². The van der Waals surface area contributed by atoms with Gasteiger partial charge in [-0.15, -0.1) is 0 Å². The van der Waals surface area contributed by atoms with E-state index in [1.54, 1.807) is 37.3 Å². The van der Waals surface area contributed by atoms with Crippen LogP contribution in [0.5, 0.6) is 0 Å². The predicted octanol–water partition coefficient (Wildman–Crippen LogP) is 2.82. The van der Waals surface area contributed by atoms with Crippen LogP contribution in [0.15, 0.2) is 47.8 Å². The van der Waals surface area contributed by atoms with Crippen LogP contribution < -0.4 is 0 Å². The molecule has 0 saturated carbocycles.